The molecule has 15 heavy (non-hydrogen) atoms. The Balaban J connectivity index is 2.25. The summed E-state index contributed by atoms with van der Waals surface area (Å²) in [7, 11) is 1.71. The molecule has 5 heteroatoms. The predicted molar refractivity (Wildman–Crippen MR) is 59.5 cm³/mol. The highest BCUT2D eigenvalue weighted by molar-refractivity contribution is 4.96. The van der Waals surface area contributed by atoms with Crippen LogP contribution in [0.25, 0.3) is 0 Å². The third-order valence-electron chi connectivity index (χ3n) is 2.21. The minimum Gasteiger partial charge on any atom is -0.380 e. The molecule has 0 aromatic carbocycles. The summed E-state index contributed by atoms with van der Waals surface area (Å²) in [5.74, 6) is 0. The molecule has 0 aliphatic rings. The van der Waals surface area contributed by atoms with Crippen LogP contribution < -0.4 is 11.1 Å². The average molecular weight is 212 g/mol. The summed E-state index contributed by atoms with van der Waals surface area (Å²) in [4.78, 5) is 4.26. The van der Waals surface area contributed by atoms with Crippen LogP contribution in [0.15, 0.2) is 12.5 Å². The molecule has 1 aromatic rings. The van der Waals surface area contributed by atoms with Crippen molar-refractivity contribution in [3.63, 3.8) is 0 Å². The lowest BCUT2D eigenvalue weighted by Gasteiger charge is -2.09. The Morgan fingerprint density at radius 3 is 3.13 bits per heavy atom. The molecule has 0 radical (unpaired) electrons. The Bertz CT molecular complexity index is 274. The molecule has 3 N–H and O–H groups in total. The predicted octanol–water partition coefficient (Wildman–Crippen LogP) is -0.0337. The van der Waals surface area contributed by atoms with Gasteiger partial charge in [-0.25, -0.2) is 4.98 Å². The number of hydrogen-bond acceptors (Lipinski definition) is 4. The number of imidazole rings is 1. The monoisotopic (exact) mass is 212 g/mol. The summed E-state index contributed by atoms with van der Waals surface area (Å²) in [5.41, 5.74) is 6.48. The fraction of sp³-hybridized carbons (Fsp3) is 0.700. The first-order chi connectivity index (χ1) is 7.26. The molecule has 1 unspecified atom stereocenters. The summed E-state index contributed by atoms with van der Waals surface area (Å²) in [5, 5.41) is 3.28. The normalized spacial score (nSPS) is 13.0. The molecule has 1 rings (SSSR count). The van der Waals surface area contributed by atoms with Gasteiger partial charge in [-0.15, -0.1) is 0 Å². The highest BCUT2D eigenvalue weighted by Crippen LogP contribution is 1.95. The van der Waals surface area contributed by atoms with Crippen LogP contribution in [-0.4, -0.2) is 35.9 Å². The van der Waals surface area contributed by atoms with Gasteiger partial charge in [-0.3, -0.25) is 0 Å². The van der Waals surface area contributed by atoms with Crippen molar-refractivity contribution >= 4 is 0 Å². The van der Waals surface area contributed by atoms with E-state index in [2.05, 4.69) is 10.3 Å². The van der Waals surface area contributed by atoms with Crippen LogP contribution in [0.4, 0.5) is 0 Å². The lowest BCUT2D eigenvalue weighted by Crippen LogP contribution is -2.25. The smallest absolute Gasteiger partial charge is 0.0950 e. The number of hydrogen-bond donors (Lipinski definition) is 2. The first-order valence-electron chi connectivity index (χ1n) is 5.20. The molecule has 0 spiro atoms. The maximum Gasteiger partial charge on any atom is 0.0950 e. The number of ether oxygens (including phenoxy) is 1. The SMILES string of the molecule is COC(C)CNCc1cn(CCN)cn1. The average Bonchev–Trinajstić information content (AvgIpc) is 2.66. The van der Waals surface area contributed by atoms with Crippen molar-refractivity contribution in [1.82, 2.24) is 14.9 Å². The van der Waals surface area contributed by atoms with E-state index in [0.29, 0.717) is 6.54 Å². The van der Waals surface area contributed by atoms with Gasteiger partial charge >= 0.3 is 0 Å². The van der Waals surface area contributed by atoms with Gasteiger partial charge in [0.25, 0.3) is 0 Å². The molecule has 0 amide bonds. The minimum absolute atomic E-state index is 0.233. The molecular formula is C10H20N4O. The van der Waals surface area contributed by atoms with E-state index in [4.69, 9.17) is 10.5 Å². The van der Waals surface area contributed by atoms with Crippen molar-refractivity contribution in [3.05, 3.63) is 18.2 Å². The van der Waals surface area contributed by atoms with Crippen molar-refractivity contribution in [3.8, 4) is 0 Å². The van der Waals surface area contributed by atoms with Crippen LogP contribution in [0.5, 0.6) is 0 Å². The number of rotatable bonds is 7. The molecule has 0 aliphatic carbocycles. The van der Waals surface area contributed by atoms with E-state index in [0.717, 1.165) is 25.3 Å². The molecule has 0 aliphatic heterocycles. The molecule has 5 nitrogen and oxygen atoms in total. The first kappa shape index (κ1) is 12.2. The molecule has 1 heterocycles. The maximum atomic E-state index is 5.45. The fourth-order valence-electron chi connectivity index (χ4n) is 1.26. The zero-order valence-electron chi connectivity index (χ0n) is 9.44. The van der Waals surface area contributed by atoms with Crippen LogP contribution in [0, 0.1) is 0 Å². The van der Waals surface area contributed by atoms with Gasteiger partial charge in [0.2, 0.25) is 0 Å². The summed E-state index contributed by atoms with van der Waals surface area (Å²) in [6, 6.07) is 0. The summed E-state index contributed by atoms with van der Waals surface area (Å²) < 4.78 is 7.12. The van der Waals surface area contributed by atoms with Crippen molar-refractivity contribution < 1.29 is 4.74 Å². The van der Waals surface area contributed by atoms with Gasteiger partial charge in [0.15, 0.2) is 0 Å². The Kier molecular flexibility index (Phi) is 5.31. The Morgan fingerprint density at radius 2 is 2.47 bits per heavy atom. The van der Waals surface area contributed by atoms with Crippen molar-refractivity contribution in [2.45, 2.75) is 26.1 Å². The van der Waals surface area contributed by atoms with Gasteiger partial charge in [0.1, 0.15) is 0 Å². The van der Waals surface area contributed by atoms with E-state index >= 15 is 0 Å². The minimum atomic E-state index is 0.233. The Morgan fingerprint density at radius 1 is 1.67 bits per heavy atom. The number of aromatic nitrogens is 2. The van der Waals surface area contributed by atoms with Gasteiger partial charge in [-0.2, -0.15) is 0 Å². The topological polar surface area (TPSA) is 65.1 Å². The van der Waals surface area contributed by atoms with E-state index in [-0.39, 0.29) is 6.10 Å². The van der Waals surface area contributed by atoms with E-state index < -0.39 is 0 Å². The third-order valence-corrected chi connectivity index (χ3v) is 2.21. The van der Waals surface area contributed by atoms with E-state index in [1.807, 2.05) is 24.0 Å². The second-order valence-corrected chi connectivity index (χ2v) is 3.57. The summed E-state index contributed by atoms with van der Waals surface area (Å²) >= 11 is 0. The molecule has 0 bridgehead atoms. The Labute approximate surface area is 90.6 Å². The zero-order chi connectivity index (χ0) is 11.1. The van der Waals surface area contributed by atoms with Gasteiger partial charge in [-0.1, -0.05) is 0 Å². The lowest BCUT2D eigenvalue weighted by molar-refractivity contribution is 0.117. The highest BCUT2D eigenvalue weighted by atomic mass is 16.5. The molecule has 0 saturated heterocycles. The van der Waals surface area contributed by atoms with Crippen molar-refractivity contribution in [2.24, 2.45) is 5.73 Å². The fourth-order valence-corrected chi connectivity index (χ4v) is 1.26. The third kappa shape index (κ3) is 4.42. The lowest BCUT2D eigenvalue weighted by atomic mass is 10.4. The van der Waals surface area contributed by atoms with Crippen LogP contribution >= 0.6 is 0 Å². The largest absolute Gasteiger partial charge is 0.380 e. The second-order valence-electron chi connectivity index (χ2n) is 3.57. The van der Waals surface area contributed by atoms with Crippen LogP contribution in [0.2, 0.25) is 0 Å². The zero-order valence-corrected chi connectivity index (χ0v) is 9.44. The van der Waals surface area contributed by atoms with Crippen LogP contribution in [0.1, 0.15) is 12.6 Å². The quantitative estimate of drug-likeness (QED) is 0.666. The van der Waals surface area contributed by atoms with E-state index in [9.17, 15) is 0 Å². The molecule has 0 fully saturated rings. The Hall–Kier alpha value is -0.910. The molecule has 86 valence electrons. The van der Waals surface area contributed by atoms with Gasteiger partial charge in [-0.05, 0) is 6.92 Å². The van der Waals surface area contributed by atoms with Gasteiger partial charge < -0.3 is 20.4 Å². The van der Waals surface area contributed by atoms with E-state index in [1.165, 1.54) is 0 Å². The number of nitrogens with two attached hydrogens (primary N) is 1. The molecule has 0 saturated carbocycles. The molecule has 1 atom stereocenters. The second kappa shape index (κ2) is 6.55. The number of nitrogens with one attached hydrogen (secondary N) is 1. The van der Waals surface area contributed by atoms with Gasteiger partial charge in [0, 0.05) is 39.5 Å². The van der Waals surface area contributed by atoms with Crippen LogP contribution in [0.3, 0.4) is 0 Å². The summed E-state index contributed by atoms with van der Waals surface area (Å²) in [6.45, 7) is 5.09. The highest BCUT2D eigenvalue weighted by Gasteiger charge is 2.00. The maximum absolute atomic E-state index is 5.45. The standard InChI is InChI=1S/C10H20N4O/c1-9(15-2)5-12-6-10-7-14(4-3-11)8-13-10/h7-9,12H,3-6,11H2,1-2H3. The van der Waals surface area contributed by atoms with E-state index in [1.54, 1.807) is 7.11 Å². The first-order valence-corrected chi connectivity index (χ1v) is 5.20. The summed E-state index contributed by atoms with van der Waals surface area (Å²) in [6.07, 6.45) is 4.05. The number of nitrogens with zero attached hydrogens (tertiary/aromatic N) is 2. The molecule has 1 aromatic heterocycles. The van der Waals surface area contributed by atoms with Crippen molar-refractivity contribution in [1.29, 1.82) is 0 Å². The van der Waals surface area contributed by atoms with Crippen LogP contribution in [-0.2, 0) is 17.8 Å². The molecular weight excluding hydrogens is 192 g/mol. The number of methoxy groups -OCH3 is 1. The van der Waals surface area contributed by atoms with Gasteiger partial charge in [0.05, 0.1) is 18.1 Å². The van der Waals surface area contributed by atoms with Crippen molar-refractivity contribution in [2.75, 3.05) is 20.2 Å².